The van der Waals surface area contributed by atoms with Gasteiger partial charge >= 0.3 is 0 Å². The molecule has 0 amide bonds. The Morgan fingerprint density at radius 2 is 1.73 bits per heavy atom. The summed E-state index contributed by atoms with van der Waals surface area (Å²) in [7, 11) is -3.68. The molecule has 1 aliphatic heterocycles. The molecule has 22 heavy (non-hydrogen) atoms. The van der Waals surface area contributed by atoms with Crippen molar-refractivity contribution in [3.05, 3.63) is 65.2 Å². The Morgan fingerprint density at radius 3 is 2.36 bits per heavy atom. The maximum atomic E-state index is 12.3. The maximum Gasteiger partial charge on any atom is 0.257 e. The minimum atomic E-state index is -3.68. The SMILES string of the molecule is Cc1ccc(S(=O)(=O)NN2Cc3ccccc3C2=N)cc1.[Br-]. The number of hydrazine groups is 1. The van der Waals surface area contributed by atoms with Gasteiger partial charge in [-0.1, -0.05) is 42.0 Å². The number of rotatable bonds is 3. The van der Waals surface area contributed by atoms with E-state index in [2.05, 4.69) is 4.83 Å². The number of nitrogens with zero attached hydrogens (tertiary/aromatic N) is 1. The van der Waals surface area contributed by atoms with Gasteiger partial charge in [-0.2, -0.15) is 0 Å². The van der Waals surface area contributed by atoms with Crippen molar-refractivity contribution < 1.29 is 25.4 Å². The second kappa shape index (κ2) is 6.20. The first kappa shape index (κ1) is 16.7. The van der Waals surface area contributed by atoms with Gasteiger partial charge in [-0.25, -0.2) is 8.42 Å². The first-order valence-corrected chi connectivity index (χ1v) is 7.99. The van der Waals surface area contributed by atoms with Crippen LogP contribution < -0.4 is 21.8 Å². The molecule has 0 unspecified atom stereocenters. The van der Waals surface area contributed by atoms with Gasteiger partial charge < -0.3 is 17.0 Å². The molecule has 0 atom stereocenters. The Hall–Kier alpha value is -1.70. The average Bonchev–Trinajstić information content (AvgIpc) is 2.76. The molecule has 0 saturated heterocycles. The van der Waals surface area contributed by atoms with Gasteiger partial charge in [-0.15, -0.1) is 4.83 Å². The van der Waals surface area contributed by atoms with Crippen molar-refractivity contribution >= 4 is 15.9 Å². The quantitative estimate of drug-likeness (QED) is 0.719. The van der Waals surface area contributed by atoms with E-state index >= 15 is 0 Å². The molecule has 0 aliphatic carbocycles. The fourth-order valence-corrected chi connectivity index (χ4v) is 3.32. The summed E-state index contributed by atoms with van der Waals surface area (Å²) in [6.45, 7) is 2.26. The molecule has 0 aromatic heterocycles. The minimum absolute atomic E-state index is 0. The van der Waals surface area contributed by atoms with Crippen LogP contribution in [-0.2, 0) is 16.6 Å². The predicted molar refractivity (Wildman–Crippen MR) is 80.3 cm³/mol. The number of sulfonamides is 1. The van der Waals surface area contributed by atoms with Gasteiger partial charge in [0.25, 0.3) is 10.0 Å². The van der Waals surface area contributed by atoms with Crippen molar-refractivity contribution in [2.24, 2.45) is 0 Å². The van der Waals surface area contributed by atoms with E-state index in [1.54, 1.807) is 24.3 Å². The van der Waals surface area contributed by atoms with Crippen LogP contribution in [0.2, 0.25) is 0 Å². The number of benzene rings is 2. The molecule has 1 heterocycles. The zero-order valence-corrected chi connectivity index (χ0v) is 14.3. The van der Waals surface area contributed by atoms with E-state index < -0.39 is 10.0 Å². The number of halogens is 1. The number of aryl methyl sites for hydroxylation is 1. The molecular weight excluding hydrogens is 366 g/mol. The monoisotopic (exact) mass is 380 g/mol. The summed E-state index contributed by atoms with van der Waals surface area (Å²) in [5, 5.41) is 9.41. The second-order valence-corrected chi connectivity index (χ2v) is 6.66. The standard InChI is InChI=1S/C15H15N3O2S.BrH/c1-11-6-8-13(9-7-11)21(19,20)17-18-10-12-4-2-3-5-14(12)15(18)16;/h2-9,16-17H,10H2,1H3;1H/p-1. The molecule has 0 radical (unpaired) electrons. The number of hydrogen-bond donors (Lipinski definition) is 2. The van der Waals surface area contributed by atoms with Crippen molar-refractivity contribution in [2.75, 3.05) is 0 Å². The Kier molecular flexibility index (Phi) is 4.69. The van der Waals surface area contributed by atoms with Crippen LogP contribution in [0.1, 0.15) is 16.7 Å². The zero-order chi connectivity index (χ0) is 15.0. The summed E-state index contributed by atoms with van der Waals surface area (Å²) in [4.78, 5) is 2.66. The molecule has 2 aromatic carbocycles. The van der Waals surface area contributed by atoms with Gasteiger partial charge in [0.1, 0.15) is 5.84 Å². The van der Waals surface area contributed by atoms with Crippen LogP contribution in [0.5, 0.6) is 0 Å². The fourth-order valence-electron chi connectivity index (χ4n) is 2.28. The predicted octanol–water partition coefficient (Wildman–Crippen LogP) is -0.967. The van der Waals surface area contributed by atoms with E-state index in [9.17, 15) is 8.42 Å². The molecule has 1 aliphatic rings. The highest BCUT2D eigenvalue weighted by Crippen LogP contribution is 2.22. The highest BCUT2D eigenvalue weighted by molar-refractivity contribution is 7.89. The van der Waals surface area contributed by atoms with Crippen molar-refractivity contribution in [1.29, 1.82) is 5.41 Å². The number of hydrogen-bond acceptors (Lipinski definition) is 3. The van der Waals surface area contributed by atoms with Crippen molar-refractivity contribution in [1.82, 2.24) is 9.84 Å². The van der Waals surface area contributed by atoms with Crippen LogP contribution in [0.4, 0.5) is 0 Å². The first-order valence-electron chi connectivity index (χ1n) is 6.51. The van der Waals surface area contributed by atoms with Crippen LogP contribution in [0.15, 0.2) is 53.4 Å². The Labute approximate surface area is 140 Å². The van der Waals surface area contributed by atoms with Crippen LogP contribution in [0.25, 0.3) is 0 Å². The molecule has 7 heteroatoms. The number of nitrogens with one attached hydrogen (secondary N) is 2. The third kappa shape index (κ3) is 3.06. The highest BCUT2D eigenvalue weighted by atomic mass is 79.9. The van der Waals surface area contributed by atoms with Gasteiger partial charge in [-0.05, 0) is 24.6 Å². The van der Waals surface area contributed by atoms with Crippen molar-refractivity contribution in [2.45, 2.75) is 18.4 Å². The molecular formula is C15H15BrN3O2S-. The van der Waals surface area contributed by atoms with Crippen molar-refractivity contribution in [3.8, 4) is 0 Å². The van der Waals surface area contributed by atoms with E-state index in [1.807, 2.05) is 31.2 Å². The molecule has 116 valence electrons. The molecule has 3 rings (SSSR count). The largest absolute Gasteiger partial charge is 1.00 e. The molecule has 2 N–H and O–H groups in total. The number of fused-ring (bicyclic) bond motifs is 1. The Morgan fingerprint density at radius 1 is 1.09 bits per heavy atom. The van der Waals surface area contributed by atoms with E-state index in [1.165, 1.54) is 5.01 Å². The van der Waals surface area contributed by atoms with E-state index in [0.29, 0.717) is 6.54 Å². The van der Waals surface area contributed by atoms with Crippen LogP contribution >= 0.6 is 0 Å². The molecule has 5 nitrogen and oxygen atoms in total. The lowest BCUT2D eigenvalue weighted by molar-refractivity contribution is -0.00000709. The lowest BCUT2D eigenvalue weighted by atomic mass is 10.1. The maximum absolute atomic E-state index is 12.3. The summed E-state index contributed by atoms with van der Waals surface area (Å²) in [6.07, 6.45) is 0. The normalized spacial score (nSPS) is 13.7. The average molecular weight is 381 g/mol. The van der Waals surface area contributed by atoms with E-state index in [-0.39, 0.29) is 27.7 Å². The topological polar surface area (TPSA) is 73.3 Å². The summed E-state index contributed by atoms with van der Waals surface area (Å²) in [5.74, 6) is 0.168. The molecule has 0 bridgehead atoms. The fraction of sp³-hybridized carbons (Fsp3) is 0.133. The Bertz CT molecular complexity index is 804. The molecule has 2 aromatic rings. The smallest absolute Gasteiger partial charge is 0.257 e. The van der Waals surface area contributed by atoms with Gasteiger partial charge in [0.05, 0.1) is 11.4 Å². The molecule has 0 fully saturated rings. The molecule has 0 spiro atoms. The zero-order valence-electron chi connectivity index (χ0n) is 11.9. The lowest BCUT2D eigenvalue weighted by Crippen LogP contribution is -3.00. The lowest BCUT2D eigenvalue weighted by Gasteiger charge is -2.19. The van der Waals surface area contributed by atoms with Gasteiger partial charge in [0, 0.05) is 5.56 Å². The summed E-state index contributed by atoms with van der Waals surface area (Å²) in [5.41, 5.74) is 2.69. The van der Waals surface area contributed by atoms with Crippen LogP contribution in [-0.4, -0.2) is 19.3 Å². The summed E-state index contributed by atoms with van der Waals surface area (Å²) >= 11 is 0. The van der Waals surface area contributed by atoms with E-state index in [0.717, 1.165) is 16.7 Å². The van der Waals surface area contributed by atoms with Gasteiger partial charge in [0.2, 0.25) is 0 Å². The Balaban J connectivity index is 0.00000176. The third-order valence-corrected chi connectivity index (χ3v) is 4.79. The number of amidine groups is 1. The van der Waals surface area contributed by atoms with Crippen molar-refractivity contribution in [3.63, 3.8) is 0 Å². The molecule has 0 saturated carbocycles. The van der Waals surface area contributed by atoms with Crippen LogP contribution in [0, 0.1) is 12.3 Å². The van der Waals surface area contributed by atoms with E-state index in [4.69, 9.17) is 5.41 Å². The minimum Gasteiger partial charge on any atom is -1.00 e. The highest BCUT2D eigenvalue weighted by Gasteiger charge is 2.27. The van der Waals surface area contributed by atoms with Gasteiger partial charge in [0.15, 0.2) is 0 Å². The first-order chi connectivity index (χ1) is 9.97. The van der Waals surface area contributed by atoms with Crippen LogP contribution in [0.3, 0.4) is 0 Å². The summed E-state index contributed by atoms with van der Waals surface area (Å²) < 4.78 is 24.7. The third-order valence-electron chi connectivity index (χ3n) is 3.43. The van der Waals surface area contributed by atoms with Gasteiger partial charge in [-0.3, -0.25) is 10.4 Å². The second-order valence-electron chi connectivity index (χ2n) is 5.00. The summed E-state index contributed by atoms with van der Waals surface area (Å²) in [6, 6.07) is 14.0.